The van der Waals surface area contributed by atoms with Crippen molar-refractivity contribution in [3.8, 4) is 17.2 Å². The Morgan fingerprint density at radius 1 is 0.869 bits per heavy atom. The molecule has 3 saturated heterocycles. The number of nitrogens with one attached hydrogen (secondary N) is 4. The summed E-state index contributed by atoms with van der Waals surface area (Å²) in [5.74, 6) is -7.17. The zero-order valence-electron chi connectivity index (χ0n) is 55.6. The van der Waals surface area contributed by atoms with Crippen molar-refractivity contribution in [3.63, 3.8) is 0 Å². The normalized spacial score (nSPS) is 23.4. The topological polar surface area (TPSA) is 426 Å². The maximum absolute atomic E-state index is 14.3. The number of benzene rings is 3. The number of carbonyl (C=O) groups is 10. The van der Waals surface area contributed by atoms with Gasteiger partial charge in [0.25, 0.3) is 15.9 Å². The molecule has 10 atom stereocenters. The van der Waals surface area contributed by atoms with Crippen LogP contribution in [0.3, 0.4) is 0 Å². The molecule has 4 aliphatic heterocycles. The van der Waals surface area contributed by atoms with E-state index >= 15 is 0 Å². The number of aromatic hydroxyl groups is 2. The summed E-state index contributed by atoms with van der Waals surface area (Å²) in [4.78, 5) is 138. The first-order valence-electron chi connectivity index (χ1n) is 32.2. The zero-order chi connectivity index (χ0) is 71.9. The number of sulfonamides is 1. The van der Waals surface area contributed by atoms with Crippen molar-refractivity contribution in [3.05, 3.63) is 91.8 Å². The van der Waals surface area contributed by atoms with Gasteiger partial charge < -0.3 is 90.0 Å². The molecular weight excluding hydrogens is 1340 g/mol. The summed E-state index contributed by atoms with van der Waals surface area (Å²) >= 11 is 5.66. The van der Waals surface area contributed by atoms with Gasteiger partial charge in [0.1, 0.15) is 47.6 Å². The number of carbonyl (C=O) groups excluding carboxylic acids is 10. The number of primary amides is 1. The van der Waals surface area contributed by atoms with Gasteiger partial charge in [0, 0.05) is 114 Å². The first-order valence-corrected chi connectivity index (χ1v) is 34.0. The van der Waals surface area contributed by atoms with Gasteiger partial charge in [-0.2, -0.15) is 0 Å². The molecule has 0 bridgehead atoms. The number of nitrogens with two attached hydrogens (primary N) is 1. The highest BCUT2D eigenvalue weighted by Crippen LogP contribution is 2.53. The minimum atomic E-state index is -4.06. The second-order valence-corrected chi connectivity index (χ2v) is 27.7. The molecule has 3 fully saturated rings. The fourth-order valence-corrected chi connectivity index (χ4v) is 14.3. The van der Waals surface area contributed by atoms with Gasteiger partial charge >= 0.3 is 18.2 Å². The Bertz CT molecular complexity index is 3780. The second-order valence-electron chi connectivity index (χ2n) is 25.2. The Labute approximate surface area is 575 Å². The number of nitrogens with zero attached hydrogens (tertiary/aromatic N) is 4. The lowest BCUT2D eigenvalue weighted by atomic mass is 9.72. The molecule has 4 heterocycles. The van der Waals surface area contributed by atoms with E-state index < -0.39 is 176 Å². The fraction of sp³-hybridized carbons (Fsp3) is 0.538. The summed E-state index contributed by atoms with van der Waals surface area (Å²) in [6.45, 7) is 4.47. The average molecular weight is 1420 g/mol. The first-order chi connectivity index (χ1) is 47.0. The number of morpholine rings is 1. The Hall–Kier alpha value is -8.54. The summed E-state index contributed by atoms with van der Waals surface area (Å²) in [6, 6.07) is 7.18. The Morgan fingerprint density at radius 2 is 1.57 bits per heavy atom. The summed E-state index contributed by atoms with van der Waals surface area (Å²) in [6.07, 6.45) is -5.90. The first kappa shape index (κ1) is 74.7. The smallest absolute Gasteiger partial charge is 0.409 e. The third-order valence-electron chi connectivity index (χ3n) is 18.2. The van der Waals surface area contributed by atoms with Gasteiger partial charge in [0.2, 0.25) is 29.3 Å². The minimum absolute atomic E-state index is 0.0242. The number of aliphatic hydroxyl groups is 1. The van der Waals surface area contributed by atoms with E-state index in [9.17, 15) is 71.7 Å². The number of ether oxygens (including phenoxy) is 8. The molecule has 9 N–H and O–H groups in total. The predicted molar refractivity (Wildman–Crippen MR) is 347 cm³/mol. The predicted octanol–water partition coefficient (Wildman–Crippen LogP) is 2.88. The molecular formula is C65H82ClN9O23S. The molecule has 0 aromatic heterocycles. The number of rotatable bonds is 28. The number of methoxy groups -OCH3 is 2. The largest absolute Gasteiger partial charge is 0.507 e. The molecule has 9 rings (SSSR count). The number of urea groups is 1. The lowest BCUT2D eigenvalue weighted by Crippen LogP contribution is -2.55. The molecule has 0 saturated carbocycles. The van der Waals surface area contributed by atoms with Gasteiger partial charge in [-0.05, 0) is 62.3 Å². The Kier molecular flexibility index (Phi) is 24.0. The van der Waals surface area contributed by atoms with Gasteiger partial charge in [0.05, 0.1) is 42.6 Å². The molecule has 99 heavy (non-hydrogen) atoms. The number of phenolic OH excluding ortho intramolecular Hbond substituents is 2. The minimum Gasteiger partial charge on any atom is -0.507 e. The van der Waals surface area contributed by atoms with Crippen LogP contribution in [0.25, 0.3) is 0 Å². The van der Waals surface area contributed by atoms with Crippen molar-refractivity contribution < 1.29 is 110 Å². The van der Waals surface area contributed by atoms with Crippen molar-refractivity contribution in [2.45, 2.75) is 146 Å². The summed E-state index contributed by atoms with van der Waals surface area (Å²) in [5.41, 5.74) is 1.69. The monoisotopic (exact) mass is 1420 g/mol. The van der Waals surface area contributed by atoms with Crippen molar-refractivity contribution in [2.24, 2.45) is 11.7 Å². The number of Topliss-reactive ketones (excluding diaryl/α,β-unsaturated/α-hetero) is 1. The summed E-state index contributed by atoms with van der Waals surface area (Å²) < 4.78 is 71.4. The molecule has 32 nitrogen and oxygen atoms in total. The van der Waals surface area contributed by atoms with Crippen LogP contribution < -0.4 is 31.7 Å². The highest BCUT2D eigenvalue weighted by Gasteiger charge is 2.56. The van der Waals surface area contributed by atoms with E-state index in [1.165, 1.54) is 63.5 Å². The fourth-order valence-electron chi connectivity index (χ4n) is 12.8. The molecule has 0 radical (unpaired) electrons. The van der Waals surface area contributed by atoms with Crippen molar-refractivity contribution in [1.29, 1.82) is 0 Å². The van der Waals surface area contributed by atoms with E-state index in [4.69, 9.17) is 55.2 Å². The van der Waals surface area contributed by atoms with Crippen molar-refractivity contribution >= 4 is 86.5 Å². The van der Waals surface area contributed by atoms with E-state index in [1.807, 2.05) is 0 Å². The molecule has 34 heteroatoms. The molecule has 6 aliphatic rings. The molecule has 0 unspecified atom stereocenters. The maximum atomic E-state index is 14.3. The SMILES string of the molecule is COc1cccc2c1C(=O)c1c(O)c3c(c(O)c1C2=O)C[C@@](O)(C(=O)COC(=O)N(C)CCN(C)C(=O)OCc1ccc(NC(=O)[C@H](CCCNC(N)=O)NC(=O)[C@@H](NC(=O)CCCCCN2C(=O)C=C(Cl)S2(=O)=O)C(C)C)cc1)C[C@@H]3O[C@H]1C[C@H]2[C@H](O[C@@H]3[C@@H](OC)OCCN32)[C@H](C)O1. The quantitative estimate of drug-likeness (QED) is 0.0299. The van der Waals surface area contributed by atoms with Crippen LogP contribution in [-0.2, 0) is 80.2 Å². The number of unbranched alkanes of at least 4 members (excludes halogenated alkanes) is 2. The molecule has 2 aliphatic carbocycles. The number of anilines is 1. The van der Waals surface area contributed by atoms with Crippen LogP contribution >= 0.6 is 11.6 Å². The van der Waals surface area contributed by atoms with Crippen molar-refractivity contribution in [1.82, 2.24) is 35.0 Å². The van der Waals surface area contributed by atoms with Crippen LogP contribution in [0.1, 0.15) is 127 Å². The van der Waals surface area contributed by atoms with Crippen LogP contribution in [0.15, 0.2) is 52.9 Å². The lowest BCUT2D eigenvalue weighted by molar-refractivity contribution is -0.256. The molecule has 3 aromatic carbocycles. The van der Waals surface area contributed by atoms with Crippen LogP contribution in [0.2, 0.25) is 0 Å². The van der Waals surface area contributed by atoms with E-state index in [-0.39, 0.29) is 98.9 Å². The summed E-state index contributed by atoms with van der Waals surface area (Å²) in [7, 11) is 1.49. The number of phenols is 2. The number of amides is 8. The molecule has 8 amide bonds. The Balaban J connectivity index is 0.770. The van der Waals surface area contributed by atoms with Crippen LogP contribution in [0.5, 0.6) is 17.2 Å². The maximum Gasteiger partial charge on any atom is 0.409 e. The van der Waals surface area contributed by atoms with E-state index in [1.54, 1.807) is 32.9 Å². The van der Waals surface area contributed by atoms with Crippen LogP contribution in [0.4, 0.5) is 20.1 Å². The van der Waals surface area contributed by atoms with E-state index in [2.05, 4.69) is 26.2 Å². The van der Waals surface area contributed by atoms with Gasteiger partial charge in [-0.25, -0.2) is 27.1 Å². The number of hydrogen-bond donors (Lipinski definition) is 8. The molecule has 3 aromatic rings. The number of hydrogen-bond acceptors (Lipinski definition) is 24. The standard InChI is InChI=1S/C65H82ClN9O23S/c1-33(2)52(71-45(77)16-9-8-10-22-75-46(78)28-44(66)99(75,89)90)59(84)70-39(14-12-21-68-62(67)85)58(83)69-36-19-17-35(18-20-36)31-94-63(86)72(4)23-24-73(5)64(87)95-32-43(76)65(88)29-38-49(56(82)51-50(54(38)80)53(79)37-13-11-15-41(91-6)48(37)55(51)81)42(30-65)97-47-27-40-57(34(3)96-47)98-60-61(92-7)93-26-25-74(40)60/h11,13,15,17-20,28,33-34,39-40,42,47,52,57,60-61,80,82,88H,8-10,12,14,16,21-27,29-32H2,1-7H3,(H,69,83)(H,70,84)(H,71,77)(H3,67,68,85)/t34-,39-,40-,42-,47-,52-,57+,60+,61-,65-/m0/s1. The van der Waals surface area contributed by atoms with Gasteiger partial charge in [0.15, 0.2) is 35.6 Å². The number of halogens is 1. The average Bonchev–Trinajstić information content (AvgIpc) is 1.38. The van der Waals surface area contributed by atoms with Gasteiger partial charge in [-0.1, -0.05) is 56.1 Å². The number of fused-ring (bicyclic) bond motifs is 6. The molecule has 538 valence electrons. The number of likely N-dealkylation sites (N-methyl/N-ethyl adjacent to an activating group) is 2. The second kappa shape index (κ2) is 31.8. The third kappa shape index (κ3) is 16.5. The van der Waals surface area contributed by atoms with Crippen LogP contribution in [-0.4, -0.2) is 231 Å². The summed E-state index contributed by atoms with van der Waals surface area (Å²) in [5, 5.41) is 47.3. The molecule has 0 spiro atoms. The van der Waals surface area contributed by atoms with E-state index in [0.717, 1.165) is 11.0 Å². The highest BCUT2D eigenvalue weighted by molar-refractivity contribution is 7.95. The highest BCUT2D eigenvalue weighted by atomic mass is 35.5. The third-order valence-corrected chi connectivity index (χ3v) is 20.4. The number of ketones is 3. The van der Waals surface area contributed by atoms with E-state index in [0.29, 0.717) is 41.5 Å². The van der Waals surface area contributed by atoms with Crippen molar-refractivity contribution in [2.75, 3.05) is 79.6 Å². The van der Waals surface area contributed by atoms with Crippen LogP contribution in [0, 0.1) is 5.92 Å². The zero-order valence-corrected chi connectivity index (χ0v) is 57.1. The lowest BCUT2D eigenvalue weighted by Gasteiger charge is -2.43. The van der Waals surface area contributed by atoms with Gasteiger partial charge in [-0.15, -0.1) is 0 Å². The van der Waals surface area contributed by atoms with Gasteiger partial charge in [-0.3, -0.25) is 38.5 Å². The Morgan fingerprint density at radius 3 is 2.22 bits per heavy atom.